The van der Waals surface area contributed by atoms with Crippen LogP contribution in [0.3, 0.4) is 0 Å². The number of fused-ring (bicyclic) bond motifs is 1. The summed E-state index contributed by atoms with van der Waals surface area (Å²) in [4.78, 5) is 15.8. The number of Topliss-reactive ketones (excluding diaryl/α,β-unsaturated/α-hetero) is 1. The first-order chi connectivity index (χ1) is 9.56. The number of ether oxygens (including phenoxy) is 1. The normalized spacial score (nSPS) is 16.6. The second-order valence-corrected chi connectivity index (χ2v) is 6.07. The number of benzene rings is 1. The van der Waals surface area contributed by atoms with E-state index in [2.05, 4.69) is 4.98 Å². The van der Waals surface area contributed by atoms with Gasteiger partial charge in [0.1, 0.15) is 5.75 Å². The van der Waals surface area contributed by atoms with Gasteiger partial charge in [0.05, 0.1) is 6.10 Å². The van der Waals surface area contributed by atoms with Crippen molar-refractivity contribution in [3.05, 3.63) is 30.0 Å². The number of aromatic nitrogens is 1. The topological polar surface area (TPSA) is 42.1 Å². The minimum Gasteiger partial charge on any atom is -0.491 e. The lowest BCUT2D eigenvalue weighted by atomic mass is 9.95. The zero-order valence-electron chi connectivity index (χ0n) is 12.3. The van der Waals surface area contributed by atoms with E-state index < -0.39 is 0 Å². The van der Waals surface area contributed by atoms with Gasteiger partial charge in [0, 0.05) is 28.6 Å². The Labute approximate surface area is 119 Å². The van der Waals surface area contributed by atoms with Gasteiger partial charge in [-0.1, -0.05) is 6.92 Å². The predicted octanol–water partition coefficient (Wildman–Crippen LogP) is 4.18. The Kier molecular flexibility index (Phi) is 3.28. The first kappa shape index (κ1) is 13.2. The van der Waals surface area contributed by atoms with E-state index in [1.54, 1.807) is 0 Å². The summed E-state index contributed by atoms with van der Waals surface area (Å²) < 4.78 is 5.72. The molecule has 3 heteroatoms. The molecule has 0 saturated heterocycles. The number of nitrogens with one attached hydrogen (secondary N) is 1. The van der Waals surface area contributed by atoms with Gasteiger partial charge in [0.15, 0.2) is 5.78 Å². The molecular formula is C17H21NO2. The number of ketones is 1. The van der Waals surface area contributed by atoms with Crippen molar-refractivity contribution in [3.63, 3.8) is 0 Å². The average Bonchev–Trinajstić information content (AvgIpc) is 3.17. The van der Waals surface area contributed by atoms with Gasteiger partial charge in [-0.3, -0.25) is 4.79 Å². The highest BCUT2D eigenvalue weighted by molar-refractivity contribution is 6.09. The van der Waals surface area contributed by atoms with Crippen LogP contribution in [0.1, 0.15) is 44.0 Å². The van der Waals surface area contributed by atoms with Gasteiger partial charge in [-0.15, -0.1) is 0 Å². The standard InChI is InChI=1S/C17H21NO2/c1-10(2)20-13-6-7-16-14(8-13)15(9-18-16)17(19)11(3)12-4-5-12/h6-12,18H,4-5H2,1-3H3. The number of carbonyl (C=O) groups excluding carboxylic acids is 1. The molecule has 3 nitrogen and oxygen atoms in total. The Bertz CT molecular complexity index is 637. The fourth-order valence-corrected chi connectivity index (χ4v) is 2.70. The van der Waals surface area contributed by atoms with Crippen LogP contribution in [0.25, 0.3) is 10.9 Å². The molecule has 1 unspecified atom stereocenters. The maximum atomic E-state index is 12.6. The molecule has 1 fully saturated rings. The van der Waals surface area contributed by atoms with Crippen LogP contribution >= 0.6 is 0 Å². The molecular weight excluding hydrogens is 250 g/mol. The van der Waals surface area contributed by atoms with Gasteiger partial charge in [-0.05, 0) is 50.8 Å². The number of H-pyrrole nitrogens is 1. The van der Waals surface area contributed by atoms with Crippen molar-refractivity contribution >= 4 is 16.7 Å². The third-order valence-electron chi connectivity index (χ3n) is 4.03. The van der Waals surface area contributed by atoms with Gasteiger partial charge in [0.2, 0.25) is 0 Å². The fraction of sp³-hybridized carbons (Fsp3) is 0.471. The number of hydrogen-bond donors (Lipinski definition) is 1. The highest BCUT2D eigenvalue weighted by Gasteiger charge is 2.33. The molecule has 1 atom stereocenters. The summed E-state index contributed by atoms with van der Waals surface area (Å²) in [5, 5.41) is 0.973. The van der Waals surface area contributed by atoms with E-state index in [0.717, 1.165) is 22.2 Å². The van der Waals surface area contributed by atoms with Crippen LogP contribution in [0.5, 0.6) is 5.75 Å². The summed E-state index contributed by atoms with van der Waals surface area (Å²) in [6.45, 7) is 6.05. The molecule has 3 rings (SSSR count). The van der Waals surface area contributed by atoms with Crippen LogP contribution in [0.2, 0.25) is 0 Å². The molecule has 1 saturated carbocycles. The Balaban J connectivity index is 1.95. The first-order valence-electron chi connectivity index (χ1n) is 7.38. The van der Waals surface area contributed by atoms with Gasteiger partial charge in [-0.25, -0.2) is 0 Å². The monoisotopic (exact) mass is 271 g/mol. The van der Waals surface area contributed by atoms with Crippen molar-refractivity contribution in [1.82, 2.24) is 4.98 Å². The second-order valence-electron chi connectivity index (χ2n) is 6.07. The zero-order valence-corrected chi connectivity index (χ0v) is 12.3. The highest BCUT2D eigenvalue weighted by Crippen LogP contribution is 2.39. The summed E-state index contributed by atoms with van der Waals surface area (Å²) in [5.74, 6) is 1.78. The minimum absolute atomic E-state index is 0.128. The highest BCUT2D eigenvalue weighted by atomic mass is 16.5. The Hall–Kier alpha value is -1.77. The quantitative estimate of drug-likeness (QED) is 0.829. The van der Waals surface area contributed by atoms with E-state index in [1.165, 1.54) is 12.8 Å². The van der Waals surface area contributed by atoms with Crippen LogP contribution in [0.4, 0.5) is 0 Å². The summed E-state index contributed by atoms with van der Waals surface area (Å²) in [5.41, 5.74) is 1.79. The van der Waals surface area contributed by atoms with E-state index in [-0.39, 0.29) is 17.8 Å². The molecule has 106 valence electrons. The number of carbonyl (C=O) groups is 1. The van der Waals surface area contributed by atoms with Crippen LogP contribution in [0, 0.1) is 11.8 Å². The van der Waals surface area contributed by atoms with Crippen LogP contribution in [-0.2, 0) is 0 Å². The van der Waals surface area contributed by atoms with E-state index in [1.807, 2.05) is 45.2 Å². The summed E-state index contributed by atoms with van der Waals surface area (Å²) in [7, 11) is 0. The maximum Gasteiger partial charge on any atom is 0.168 e. The van der Waals surface area contributed by atoms with E-state index in [9.17, 15) is 4.79 Å². The Morgan fingerprint density at radius 3 is 2.70 bits per heavy atom. The van der Waals surface area contributed by atoms with E-state index in [4.69, 9.17) is 4.74 Å². The molecule has 0 radical (unpaired) electrons. The molecule has 1 N–H and O–H groups in total. The third kappa shape index (κ3) is 2.45. The Morgan fingerprint density at radius 1 is 1.30 bits per heavy atom. The number of rotatable bonds is 5. The van der Waals surface area contributed by atoms with Crippen molar-refractivity contribution in [2.24, 2.45) is 11.8 Å². The van der Waals surface area contributed by atoms with Crippen molar-refractivity contribution in [1.29, 1.82) is 0 Å². The molecule has 1 aliphatic carbocycles. The lowest BCUT2D eigenvalue weighted by molar-refractivity contribution is 0.0918. The van der Waals surface area contributed by atoms with E-state index in [0.29, 0.717) is 5.92 Å². The van der Waals surface area contributed by atoms with Crippen molar-refractivity contribution < 1.29 is 9.53 Å². The van der Waals surface area contributed by atoms with Gasteiger partial charge < -0.3 is 9.72 Å². The van der Waals surface area contributed by atoms with E-state index >= 15 is 0 Å². The molecule has 1 aromatic heterocycles. The zero-order chi connectivity index (χ0) is 14.3. The molecule has 1 heterocycles. The van der Waals surface area contributed by atoms with Gasteiger partial charge in [0.25, 0.3) is 0 Å². The number of aromatic amines is 1. The summed E-state index contributed by atoms with van der Waals surface area (Å²) in [6, 6.07) is 5.89. The smallest absolute Gasteiger partial charge is 0.168 e. The molecule has 0 bridgehead atoms. The largest absolute Gasteiger partial charge is 0.491 e. The van der Waals surface area contributed by atoms with Crippen LogP contribution in [0.15, 0.2) is 24.4 Å². The molecule has 0 amide bonds. The molecule has 0 spiro atoms. The fourth-order valence-electron chi connectivity index (χ4n) is 2.70. The summed E-state index contributed by atoms with van der Waals surface area (Å²) >= 11 is 0. The second kappa shape index (κ2) is 4.97. The maximum absolute atomic E-state index is 12.6. The van der Waals surface area contributed by atoms with Gasteiger partial charge in [-0.2, -0.15) is 0 Å². The van der Waals surface area contributed by atoms with Crippen molar-refractivity contribution in [2.45, 2.75) is 39.7 Å². The molecule has 1 aromatic carbocycles. The average molecular weight is 271 g/mol. The van der Waals surface area contributed by atoms with Crippen molar-refractivity contribution in [3.8, 4) is 5.75 Å². The van der Waals surface area contributed by atoms with Crippen molar-refractivity contribution in [2.75, 3.05) is 0 Å². The molecule has 0 aliphatic heterocycles. The molecule has 1 aliphatic rings. The lowest BCUT2D eigenvalue weighted by Crippen LogP contribution is -2.12. The van der Waals surface area contributed by atoms with Crippen LogP contribution < -0.4 is 4.74 Å². The van der Waals surface area contributed by atoms with Crippen LogP contribution in [-0.4, -0.2) is 16.9 Å². The third-order valence-corrected chi connectivity index (χ3v) is 4.03. The lowest BCUT2D eigenvalue weighted by Gasteiger charge is -2.11. The number of hydrogen-bond acceptors (Lipinski definition) is 2. The first-order valence-corrected chi connectivity index (χ1v) is 7.38. The molecule has 2 aromatic rings. The minimum atomic E-state index is 0.128. The van der Waals surface area contributed by atoms with Gasteiger partial charge >= 0.3 is 0 Å². The molecule has 20 heavy (non-hydrogen) atoms. The predicted molar refractivity (Wildman–Crippen MR) is 80.3 cm³/mol. The SMILES string of the molecule is CC(C)Oc1ccc2[nH]cc(C(=O)C(C)C3CC3)c2c1. The Morgan fingerprint density at radius 2 is 2.05 bits per heavy atom. The summed E-state index contributed by atoms with van der Waals surface area (Å²) in [6.07, 6.45) is 4.36.